The Labute approximate surface area is 87.5 Å². The molecule has 2 aliphatic rings. The lowest BCUT2D eigenvalue weighted by molar-refractivity contribution is -0.125. The molecule has 1 heterocycles. The molecule has 2 fully saturated rings. The molecule has 3 heteroatoms. The Morgan fingerprint density at radius 2 is 1.73 bits per heavy atom. The molecule has 3 atom stereocenters. The molecule has 1 aliphatic heterocycles. The van der Waals surface area contributed by atoms with Gasteiger partial charge in [0, 0.05) is 0 Å². The Bertz CT molecular complexity index is 427. The molecule has 1 aliphatic carbocycles. The maximum absolute atomic E-state index is 11.5. The van der Waals surface area contributed by atoms with E-state index >= 15 is 0 Å². The molecular weight excluding hydrogens is 190 g/mol. The van der Waals surface area contributed by atoms with Gasteiger partial charge in [-0.15, -0.1) is 0 Å². The number of carbonyl (C=O) groups is 2. The molecule has 2 amide bonds. The second-order valence-corrected chi connectivity index (χ2v) is 4.24. The average molecular weight is 201 g/mol. The lowest BCUT2D eigenvalue weighted by Gasteiger charge is -2.36. The number of rotatable bonds is 1. The number of fused-ring (bicyclic) bond motifs is 1. The molecule has 1 aromatic rings. The summed E-state index contributed by atoms with van der Waals surface area (Å²) in [5, 5.41) is 2.40. The van der Waals surface area contributed by atoms with Crippen molar-refractivity contribution in [1.82, 2.24) is 5.32 Å². The Hall–Kier alpha value is -1.64. The predicted molar refractivity (Wildman–Crippen MR) is 53.9 cm³/mol. The van der Waals surface area contributed by atoms with Crippen LogP contribution in [0.15, 0.2) is 30.3 Å². The van der Waals surface area contributed by atoms with E-state index in [2.05, 4.69) is 5.32 Å². The van der Waals surface area contributed by atoms with Crippen molar-refractivity contribution < 1.29 is 9.59 Å². The molecular formula is C12H11NO2. The first-order chi connectivity index (χ1) is 7.27. The minimum Gasteiger partial charge on any atom is -0.296 e. The average Bonchev–Trinajstić information content (AvgIpc) is 2.37. The van der Waals surface area contributed by atoms with E-state index in [1.807, 2.05) is 30.3 Å². The van der Waals surface area contributed by atoms with Crippen LogP contribution in [0.5, 0.6) is 0 Å². The first kappa shape index (κ1) is 8.65. The molecule has 0 aromatic heterocycles. The summed E-state index contributed by atoms with van der Waals surface area (Å²) in [6.07, 6.45) is 0.812. The van der Waals surface area contributed by atoms with Crippen molar-refractivity contribution in [3.05, 3.63) is 35.9 Å². The minimum atomic E-state index is -0.111. The lowest BCUT2D eigenvalue weighted by atomic mass is 9.63. The van der Waals surface area contributed by atoms with Gasteiger partial charge in [0.15, 0.2) is 0 Å². The van der Waals surface area contributed by atoms with Gasteiger partial charge in [-0.2, -0.15) is 0 Å². The monoisotopic (exact) mass is 201 g/mol. The van der Waals surface area contributed by atoms with Crippen LogP contribution in [-0.4, -0.2) is 11.8 Å². The number of amides is 2. The Morgan fingerprint density at radius 3 is 2.40 bits per heavy atom. The highest BCUT2D eigenvalue weighted by molar-refractivity contribution is 6.07. The van der Waals surface area contributed by atoms with Gasteiger partial charge in [0.25, 0.3) is 0 Å². The molecule has 3 rings (SSSR count). The number of carbonyl (C=O) groups excluding carboxylic acids is 2. The zero-order valence-corrected chi connectivity index (χ0v) is 8.14. The van der Waals surface area contributed by atoms with Crippen LogP contribution in [0.2, 0.25) is 0 Å². The van der Waals surface area contributed by atoms with Crippen molar-refractivity contribution in [3.63, 3.8) is 0 Å². The number of nitrogens with one attached hydrogen (secondary N) is 1. The minimum absolute atomic E-state index is 0.0669. The van der Waals surface area contributed by atoms with E-state index in [0.717, 1.165) is 6.42 Å². The molecule has 1 saturated carbocycles. The van der Waals surface area contributed by atoms with E-state index in [4.69, 9.17) is 0 Å². The maximum atomic E-state index is 11.5. The van der Waals surface area contributed by atoms with Crippen LogP contribution in [-0.2, 0) is 9.59 Å². The van der Waals surface area contributed by atoms with Gasteiger partial charge >= 0.3 is 0 Å². The van der Waals surface area contributed by atoms with Gasteiger partial charge in [0.1, 0.15) is 0 Å². The van der Waals surface area contributed by atoms with Gasteiger partial charge in [-0.25, -0.2) is 0 Å². The Balaban J connectivity index is 1.88. The third-order valence-corrected chi connectivity index (χ3v) is 3.49. The fraction of sp³-hybridized carbons (Fsp3) is 0.333. The highest BCUT2D eigenvalue weighted by atomic mass is 16.2. The van der Waals surface area contributed by atoms with Crippen LogP contribution in [0.25, 0.3) is 0 Å². The molecule has 0 bridgehead atoms. The van der Waals surface area contributed by atoms with E-state index in [9.17, 15) is 9.59 Å². The Kier molecular flexibility index (Phi) is 1.69. The van der Waals surface area contributed by atoms with Crippen molar-refractivity contribution in [3.8, 4) is 0 Å². The summed E-state index contributed by atoms with van der Waals surface area (Å²) < 4.78 is 0. The summed E-state index contributed by atoms with van der Waals surface area (Å²) in [5.41, 5.74) is 1.17. The summed E-state index contributed by atoms with van der Waals surface area (Å²) in [6, 6.07) is 9.95. The molecule has 3 nitrogen and oxygen atoms in total. The second-order valence-electron chi connectivity index (χ2n) is 4.24. The number of hydrogen-bond donors (Lipinski definition) is 1. The summed E-state index contributed by atoms with van der Waals surface area (Å²) >= 11 is 0. The molecule has 3 unspecified atom stereocenters. The highest BCUT2D eigenvalue weighted by Crippen LogP contribution is 2.49. The van der Waals surface area contributed by atoms with Crippen LogP contribution in [0.4, 0.5) is 0 Å². The van der Waals surface area contributed by atoms with Crippen LogP contribution >= 0.6 is 0 Å². The van der Waals surface area contributed by atoms with E-state index < -0.39 is 0 Å². The van der Waals surface area contributed by atoms with Gasteiger partial charge in [-0.3, -0.25) is 14.9 Å². The van der Waals surface area contributed by atoms with Crippen molar-refractivity contribution >= 4 is 11.8 Å². The molecule has 1 aromatic carbocycles. The summed E-state index contributed by atoms with van der Waals surface area (Å²) in [4.78, 5) is 22.8. The summed E-state index contributed by atoms with van der Waals surface area (Å²) in [7, 11) is 0. The normalized spacial score (nSPS) is 33.2. The maximum Gasteiger partial charge on any atom is 0.231 e. The number of benzene rings is 1. The fourth-order valence-corrected chi connectivity index (χ4v) is 2.63. The molecule has 0 spiro atoms. The van der Waals surface area contributed by atoms with E-state index in [-0.39, 0.29) is 29.6 Å². The number of imide groups is 1. The van der Waals surface area contributed by atoms with Gasteiger partial charge in [0.05, 0.1) is 11.8 Å². The van der Waals surface area contributed by atoms with Crippen molar-refractivity contribution in [2.45, 2.75) is 12.3 Å². The van der Waals surface area contributed by atoms with Gasteiger partial charge in [-0.1, -0.05) is 30.3 Å². The quantitative estimate of drug-likeness (QED) is 0.691. The van der Waals surface area contributed by atoms with Crippen LogP contribution in [0.1, 0.15) is 17.9 Å². The van der Waals surface area contributed by atoms with Crippen molar-refractivity contribution in [1.29, 1.82) is 0 Å². The van der Waals surface area contributed by atoms with E-state index in [1.54, 1.807) is 0 Å². The molecule has 76 valence electrons. The summed E-state index contributed by atoms with van der Waals surface area (Å²) in [5.74, 6) is -0.118. The van der Waals surface area contributed by atoms with Gasteiger partial charge < -0.3 is 0 Å². The fourth-order valence-electron chi connectivity index (χ4n) is 2.63. The standard InChI is InChI=1S/C12H11NO2/c14-11-9-6-8(10(9)12(15)13-11)7-4-2-1-3-5-7/h1-5,8-10H,6H2,(H,13,14,15). The highest BCUT2D eigenvalue weighted by Gasteiger charge is 2.54. The third-order valence-electron chi connectivity index (χ3n) is 3.49. The van der Waals surface area contributed by atoms with Gasteiger partial charge in [-0.05, 0) is 17.9 Å². The predicted octanol–water partition coefficient (Wildman–Crippen LogP) is 1.06. The number of hydrogen-bond acceptors (Lipinski definition) is 2. The van der Waals surface area contributed by atoms with E-state index in [1.165, 1.54) is 5.56 Å². The zero-order valence-electron chi connectivity index (χ0n) is 8.14. The summed E-state index contributed by atoms with van der Waals surface area (Å²) in [6.45, 7) is 0. The van der Waals surface area contributed by atoms with Crippen LogP contribution in [0.3, 0.4) is 0 Å². The molecule has 0 radical (unpaired) electrons. The smallest absolute Gasteiger partial charge is 0.231 e. The third kappa shape index (κ3) is 1.12. The topological polar surface area (TPSA) is 46.2 Å². The SMILES string of the molecule is O=C1NC(=O)C2C1CC2c1ccccc1. The van der Waals surface area contributed by atoms with E-state index in [0.29, 0.717) is 0 Å². The largest absolute Gasteiger partial charge is 0.296 e. The first-order valence-corrected chi connectivity index (χ1v) is 5.17. The molecule has 1 saturated heterocycles. The van der Waals surface area contributed by atoms with Crippen molar-refractivity contribution in [2.75, 3.05) is 0 Å². The Morgan fingerprint density at radius 1 is 1.00 bits per heavy atom. The van der Waals surface area contributed by atoms with Crippen LogP contribution < -0.4 is 5.32 Å². The van der Waals surface area contributed by atoms with Crippen molar-refractivity contribution in [2.24, 2.45) is 11.8 Å². The second kappa shape index (κ2) is 2.92. The lowest BCUT2D eigenvalue weighted by Crippen LogP contribution is -2.36. The van der Waals surface area contributed by atoms with Crippen LogP contribution in [0, 0.1) is 11.8 Å². The molecule has 1 N–H and O–H groups in total. The van der Waals surface area contributed by atoms with Gasteiger partial charge in [0.2, 0.25) is 11.8 Å². The zero-order chi connectivity index (χ0) is 10.4. The first-order valence-electron chi connectivity index (χ1n) is 5.17. The molecule has 15 heavy (non-hydrogen) atoms.